The van der Waals surface area contributed by atoms with Gasteiger partial charge in [0.05, 0.1) is 10.6 Å². The molecular formula is C19H26ClN3O3S. The lowest BCUT2D eigenvalue weighted by atomic mass is 10.1. The van der Waals surface area contributed by atoms with Gasteiger partial charge in [-0.15, -0.1) is 12.4 Å². The molecule has 0 aliphatic heterocycles. The van der Waals surface area contributed by atoms with E-state index in [9.17, 15) is 13.2 Å². The Morgan fingerprint density at radius 2 is 1.81 bits per heavy atom. The molecular weight excluding hydrogens is 386 g/mol. The number of carbonyl (C=O) groups is 1. The number of hydrogen-bond donors (Lipinski definition) is 2. The molecule has 2 aromatic carbocycles. The monoisotopic (exact) mass is 411 g/mol. The average molecular weight is 412 g/mol. The third-order valence-corrected chi connectivity index (χ3v) is 5.93. The van der Waals surface area contributed by atoms with Crippen molar-refractivity contribution in [1.82, 2.24) is 5.32 Å². The molecule has 0 heterocycles. The van der Waals surface area contributed by atoms with Gasteiger partial charge < -0.3 is 11.1 Å². The van der Waals surface area contributed by atoms with Crippen LogP contribution in [0.5, 0.6) is 0 Å². The van der Waals surface area contributed by atoms with Gasteiger partial charge in [-0.05, 0) is 49.7 Å². The van der Waals surface area contributed by atoms with Crippen LogP contribution in [0.15, 0.2) is 59.5 Å². The third-order valence-electron chi connectivity index (χ3n) is 4.03. The first-order valence-electron chi connectivity index (χ1n) is 8.56. The van der Waals surface area contributed by atoms with Crippen molar-refractivity contribution in [1.29, 1.82) is 0 Å². The van der Waals surface area contributed by atoms with Crippen molar-refractivity contribution in [2.75, 3.05) is 23.9 Å². The van der Waals surface area contributed by atoms with E-state index in [4.69, 9.17) is 5.73 Å². The van der Waals surface area contributed by atoms with E-state index in [0.29, 0.717) is 24.3 Å². The fourth-order valence-corrected chi connectivity index (χ4v) is 3.98. The Balaban J connectivity index is 0.00000364. The fourth-order valence-electron chi connectivity index (χ4n) is 2.46. The molecule has 27 heavy (non-hydrogen) atoms. The molecule has 0 radical (unpaired) electrons. The standard InChI is InChI=1S/C19H25N3O3S.ClH/c1-3-22(17-9-5-4-6-10-17)26(24,25)18-11-7-8-16(12-18)19(23)21-14-15(2)13-20;/h4-12,15H,3,13-14,20H2,1-2H3,(H,21,23);1H. The normalized spacial score (nSPS) is 12.0. The molecule has 0 saturated heterocycles. The summed E-state index contributed by atoms with van der Waals surface area (Å²) in [6.45, 7) is 4.90. The molecule has 1 unspecified atom stereocenters. The van der Waals surface area contributed by atoms with Gasteiger partial charge in [0.25, 0.3) is 15.9 Å². The van der Waals surface area contributed by atoms with Crippen molar-refractivity contribution in [3.63, 3.8) is 0 Å². The van der Waals surface area contributed by atoms with Gasteiger partial charge in [0.1, 0.15) is 0 Å². The molecule has 3 N–H and O–H groups in total. The number of nitrogens with zero attached hydrogens (tertiary/aromatic N) is 1. The van der Waals surface area contributed by atoms with Gasteiger partial charge in [-0.2, -0.15) is 0 Å². The van der Waals surface area contributed by atoms with Gasteiger partial charge in [-0.1, -0.05) is 31.2 Å². The highest BCUT2D eigenvalue weighted by Crippen LogP contribution is 2.23. The number of anilines is 1. The van der Waals surface area contributed by atoms with E-state index in [1.807, 2.05) is 13.0 Å². The van der Waals surface area contributed by atoms with Gasteiger partial charge >= 0.3 is 0 Å². The zero-order chi connectivity index (χ0) is 19.2. The van der Waals surface area contributed by atoms with Crippen LogP contribution < -0.4 is 15.4 Å². The minimum Gasteiger partial charge on any atom is -0.352 e. The summed E-state index contributed by atoms with van der Waals surface area (Å²) in [4.78, 5) is 12.4. The molecule has 0 saturated carbocycles. The SMILES string of the molecule is CCN(c1ccccc1)S(=O)(=O)c1cccc(C(=O)NCC(C)CN)c1.Cl. The molecule has 0 fully saturated rings. The molecule has 0 aliphatic rings. The first-order valence-corrected chi connectivity index (χ1v) is 10.00. The molecule has 8 heteroatoms. The second-order valence-corrected chi connectivity index (χ2v) is 7.95. The van der Waals surface area contributed by atoms with Crippen LogP contribution in [0.1, 0.15) is 24.2 Å². The molecule has 148 valence electrons. The molecule has 0 spiro atoms. The summed E-state index contributed by atoms with van der Waals surface area (Å²) in [5.41, 5.74) is 6.44. The minimum atomic E-state index is -3.76. The lowest BCUT2D eigenvalue weighted by Crippen LogP contribution is -2.32. The number of amides is 1. The first-order chi connectivity index (χ1) is 12.4. The third kappa shape index (κ3) is 5.69. The van der Waals surface area contributed by atoms with E-state index in [1.165, 1.54) is 16.4 Å². The van der Waals surface area contributed by atoms with Crippen LogP contribution in [-0.4, -0.2) is 34.0 Å². The highest BCUT2D eigenvalue weighted by molar-refractivity contribution is 7.92. The van der Waals surface area contributed by atoms with Crippen LogP contribution >= 0.6 is 12.4 Å². The van der Waals surface area contributed by atoms with E-state index in [-0.39, 0.29) is 35.7 Å². The highest BCUT2D eigenvalue weighted by Gasteiger charge is 2.24. The Bertz CT molecular complexity index is 844. The molecule has 6 nitrogen and oxygen atoms in total. The number of carbonyl (C=O) groups excluding carboxylic acids is 1. The summed E-state index contributed by atoms with van der Waals surface area (Å²) >= 11 is 0. The number of nitrogens with one attached hydrogen (secondary N) is 1. The van der Waals surface area contributed by atoms with E-state index in [0.717, 1.165) is 0 Å². The maximum Gasteiger partial charge on any atom is 0.264 e. The number of sulfonamides is 1. The Labute approximate surface area is 167 Å². The van der Waals surface area contributed by atoms with E-state index in [1.54, 1.807) is 43.3 Å². The summed E-state index contributed by atoms with van der Waals surface area (Å²) in [5.74, 6) is -0.162. The largest absolute Gasteiger partial charge is 0.352 e. The summed E-state index contributed by atoms with van der Waals surface area (Å²) in [6.07, 6.45) is 0. The van der Waals surface area contributed by atoms with Crippen molar-refractivity contribution in [3.8, 4) is 0 Å². The summed E-state index contributed by atoms with van der Waals surface area (Å²) in [6, 6.07) is 15.0. The Morgan fingerprint density at radius 1 is 1.15 bits per heavy atom. The smallest absolute Gasteiger partial charge is 0.264 e. The van der Waals surface area contributed by atoms with Gasteiger partial charge in [0.15, 0.2) is 0 Å². The molecule has 2 aromatic rings. The number of benzene rings is 2. The fraction of sp³-hybridized carbons (Fsp3) is 0.316. The van der Waals surface area contributed by atoms with Crippen LogP contribution in [0.4, 0.5) is 5.69 Å². The van der Waals surface area contributed by atoms with Crippen LogP contribution in [0.3, 0.4) is 0 Å². The highest BCUT2D eigenvalue weighted by atomic mass is 35.5. The van der Waals surface area contributed by atoms with Crippen molar-refractivity contribution < 1.29 is 13.2 Å². The lowest BCUT2D eigenvalue weighted by Gasteiger charge is -2.23. The predicted octanol–water partition coefficient (Wildman–Crippen LogP) is 2.65. The van der Waals surface area contributed by atoms with Crippen molar-refractivity contribution >= 4 is 34.0 Å². The van der Waals surface area contributed by atoms with Crippen molar-refractivity contribution in [3.05, 3.63) is 60.2 Å². The van der Waals surface area contributed by atoms with E-state index >= 15 is 0 Å². The van der Waals surface area contributed by atoms with Crippen molar-refractivity contribution in [2.24, 2.45) is 11.7 Å². The number of para-hydroxylation sites is 1. The van der Waals surface area contributed by atoms with Gasteiger partial charge in [0.2, 0.25) is 0 Å². The van der Waals surface area contributed by atoms with E-state index in [2.05, 4.69) is 5.32 Å². The van der Waals surface area contributed by atoms with Crippen molar-refractivity contribution in [2.45, 2.75) is 18.7 Å². The second kappa shape index (κ2) is 10.3. The van der Waals surface area contributed by atoms with Gasteiger partial charge in [-0.25, -0.2) is 8.42 Å². The van der Waals surface area contributed by atoms with Crippen LogP contribution in [0, 0.1) is 5.92 Å². The zero-order valence-corrected chi connectivity index (χ0v) is 17.1. The van der Waals surface area contributed by atoms with Crippen LogP contribution in [-0.2, 0) is 10.0 Å². The predicted molar refractivity (Wildman–Crippen MR) is 111 cm³/mol. The minimum absolute atomic E-state index is 0. The summed E-state index contributed by atoms with van der Waals surface area (Å²) in [7, 11) is -3.76. The number of nitrogens with two attached hydrogens (primary N) is 1. The van der Waals surface area contributed by atoms with Gasteiger partial charge in [-0.3, -0.25) is 9.10 Å². The molecule has 0 bridgehead atoms. The molecule has 1 amide bonds. The van der Waals surface area contributed by atoms with Crippen LogP contribution in [0.2, 0.25) is 0 Å². The first kappa shape index (κ1) is 23.0. The molecule has 1 atom stereocenters. The lowest BCUT2D eigenvalue weighted by molar-refractivity contribution is 0.0948. The quantitative estimate of drug-likeness (QED) is 0.698. The zero-order valence-electron chi connectivity index (χ0n) is 15.5. The number of rotatable bonds is 8. The topological polar surface area (TPSA) is 92.5 Å². The molecule has 2 rings (SSSR count). The summed E-state index contributed by atoms with van der Waals surface area (Å²) in [5, 5.41) is 2.78. The Hall–Kier alpha value is -2.09. The maximum atomic E-state index is 13.0. The summed E-state index contributed by atoms with van der Waals surface area (Å²) < 4.78 is 27.4. The Morgan fingerprint density at radius 3 is 2.41 bits per heavy atom. The molecule has 0 aromatic heterocycles. The maximum absolute atomic E-state index is 13.0. The van der Waals surface area contributed by atoms with E-state index < -0.39 is 10.0 Å². The average Bonchev–Trinajstić information content (AvgIpc) is 2.67. The number of halogens is 1. The second-order valence-electron chi connectivity index (χ2n) is 6.08. The molecule has 0 aliphatic carbocycles. The Kier molecular flexibility index (Phi) is 8.75. The van der Waals surface area contributed by atoms with Crippen LogP contribution in [0.25, 0.3) is 0 Å². The number of hydrogen-bond acceptors (Lipinski definition) is 4. The van der Waals surface area contributed by atoms with Gasteiger partial charge in [0, 0.05) is 18.7 Å².